The molecule has 0 radical (unpaired) electrons. The van der Waals surface area contributed by atoms with E-state index in [1.165, 1.54) is 51.4 Å². The predicted molar refractivity (Wildman–Crippen MR) is 79.0 cm³/mol. The Balaban J connectivity index is 1.40. The molecular weight excluding hydrogens is 248 g/mol. The molecule has 3 unspecified atom stereocenters. The van der Waals surface area contributed by atoms with Crippen LogP contribution in [-0.2, 0) is 4.79 Å². The molecule has 3 atom stereocenters. The summed E-state index contributed by atoms with van der Waals surface area (Å²) in [4.78, 5) is 12.6. The summed E-state index contributed by atoms with van der Waals surface area (Å²) in [6.07, 6.45) is 12.6. The van der Waals surface area contributed by atoms with Crippen LogP contribution >= 0.6 is 0 Å². The van der Waals surface area contributed by atoms with Gasteiger partial charge in [-0.15, -0.1) is 0 Å². The van der Waals surface area contributed by atoms with Gasteiger partial charge in [0.2, 0.25) is 5.91 Å². The molecule has 20 heavy (non-hydrogen) atoms. The Hall–Kier alpha value is -0.570. The topological polar surface area (TPSA) is 55.1 Å². The van der Waals surface area contributed by atoms with Gasteiger partial charge in [0.25, 0.3) is 0 Å². The Kier molecular flexibility index (Phi) is 3.10. The highest BCUT2D eigenvalue weighted by Gasteiger charge is 2.59. The van der Waals surface area contributed by atoms with Crippen molar-refractivity contribution in [1.29, 1.82) is 0 Å². The smallest absolute Gasteiger partial charge is 0.223 e. The van der Waals surface area contributed by atoms with Crippen LogP contribution in [0.15, 0.2) is 0 Å². The van der Waals surface area contributed by atoms with Crippen LogP contribution in [0.4, 0.5) is 0 Å². The van der Waals surface area contributed by atoms with Gasteiger partial charge in [0.15, 0.2) is 0 Å². The van der Waals surface area contributed by atoms with Gasteiger partial charge in [-0.2, -0.15) is 0 Å². The minimum atomic E-state index is 0.348. The standard InChI is InChI=1S/C17H28N2O/c18-13-8-11-4-3-5-12(9-13)15(11)19-16(20)14-10-17(14)6-1-2-7-17/h11-15H,1-10,18H2,(H,19,20). The van der Waals surface area contributed by atoms with E-state index in [4.69, 9.17) is 5.73 Å². The average Bonchev–Trinajstić information content (AvgIpc) is 2.89. The highest BCUT2D eigenvalue weighted by Crippen LogP contribution is 2.63. The number of fused-ring (bicyclic) bond motifs is 2. The predicted octanol–water partition coefficient (Wildman–Crippen LogP) is 2.59. The summed E-state index contributed by atoms with van der Waals surface area (Å²) >= 11 is 0. The van der Waals surface area contributed by atoms with Crippen molar-refractivity contribution in [3.05, 3.63) is 0 Å². The number of rotatable bonds is 2. The Morgan fingerprint density at radius 3 is 2.35 bits per heavy atom. The summed E-state index contributed by atoms with van der Waals surface area (Å²) < 4.78 is 0. The number of hydrogen-bond acceptors (Lipinski definition) is 2. The van der Waals surface area contributed by atoms with E-state index in [1.807, 2.05) is 0 Å². The van der Waals surface area contributed by atoms with Crippen molar-refractivity contribution in [2.24, 2.45) is 28.9 Å². The van der Waals surface area contributed by atoms with Crippen LogP contribution in [0.3, 0.4) is 0 Å². The van der Waals surface area contributed by atoms with Crippen molar-refractivity contribution in [3.8, 4) is 0 Å². The molecule has 3 N–H and O–H groups in total. The van der Waals surface area contributed by atoms with Crippen LogP contribution in [-0.4, -0.2) is 18.0 Å². The second kappa shape index (κ2) is 4.72. The van der Waals surface area contributed by atoms with E-state index in [1.54, 1.807) is 0 Å². The first kappa shape index (κ1) is 13.1. The number of carbonyl (C=O) groups excluding carboxylic acids is 1. The number of nitrogens with two attached hydrogens (primary N) is 1. The lowest BCUT2D eigenvalue weighted by Gasteiger charge is -2.45. The van der Waals surface area contributed by atoms with Gasteiger partial charge < -0.3 is 11.1 Å². The molecule has 3 nitrogen and oxygen atoms in total. The van der Waals surface area contributed by atoms with Gasteiger partial charge in [0.1, 0.15) is 0 Å². The highest BCUT2D eigenvalue weighted by molar-refractivity contribution is 5.83. The third kappa shape index (κ3) is 2.09. The minimum absolute atomic E-state index is 0.348. The molecule has 4 saturated carbocycles. The summed E-state index contributed by atoms with van der Waals surface area (Å²) in [5.41, 5.74) is 6.61. The van der Waals surface area contributed by atoms with Crippen molar-refractivity contribution in [3.63, 3.8) is 0 Å². The summed E-state index contributed by atoms with van der Waals surface area (Å²) in [6.45, 7) is 0. The molecule has 4 fully saturated rings. The zero-order valence-corrected chi connectivity index (χ0v) is 12.4. The zero-order chi connectivity index (χ0) is 13.7. The Morgan fingerprint density at radius 2 is 1.70 bits per heavy atom. The molecule has 3 heteroatoms. The highest BCUT2D eigenvalue weighted by atomic mass is 16.2. The number of nitrogens with one attached hydrogen (secondary N) is 1. The van der Waals surface area contributed by atoms with Gasteiger partial charge >= 0.3 is 0 Å². The largest absolute Gasteiger partial charge is 0.353 e. The molecule has 0 aromatic carbocycles. The minimum Gasteiger partial charge on any atom is -0.353 e. The van der Waals surface area contributed by atoms with Crippen molar-refractivity contribution in [1.82, 2.24) is 5.32 Å². The molecule has 4 aliphatic carbocycles. The molecule has 1 amide bonds. The molecule has 1 spiro atoms. The molecule has 2 bridgehead atoms. The van der Waals surface area contributed by atoms with Crippen LogP contribution in [0, 0.1) is 23.2 Å². The molecule has 4 rings (SSSR count). The number of carbonyl (C=O) groups is 1. The lowest BCUT2D eigenvalue weighted by atomic mass is 9.67. The van der Waals surface area contributed by atoms with Gasteiger partial charge in [-0.3, -0.25) is 4.79 Å². The third-order valence-electron chi connectivity index (χ3n) is 6.79. The fourth-order valence-electron chi connectivity index (χ4n) is 5.64. The van der Waals surface area contributed by atoms with E-state index in [2.05, 4.69) is 5.32 Å². The first-order valence-electron chi connectivity index (χ1n) is 8.74. The lowest BCUT2D eigenvalue weighted by molar-refractivity contribution is -0.125. The molecule has 0 heterocycles. The maximum atomic E-state index is 12.6. The lowest BCUT2D eigenvalue weighted by Crippen LogP contribution is -2.54. The quantitative estimate of drug-likeness (QED) is 0.814. The van der Waals surface area contributed by atoms with Crippen LogP contribution in [0.2, 0.25) is 0 Å². The first-order valence-corrected chi connectivity index (χ1v) is 8.74. The number of amides is 1. The van der Waals surface area contributed by atoms with Gasteiger partial charge in [0, 0.05) is 18.0 Å². The molecular formula is C17H28N2O. The van der Waals surface area contributed by atoms with E-state index in [0.717, 1.165) is 12.8 Å². The van der Waals surface area contributed by atoms with Crippen molar-refractivity contribution < 1.29 is 4.79 Å². The maximum absolute atomic E-state index is 12.6. The maximum Gasteiger partial charge on any atom is 0.223 e. The van der Waals surface area contributed by atoms with Crippen LogP contribution in [0.5, 0.6) is 0 Å². The van der Waals surface area contributed by atoms with Crippen LogP contribution < -0.4 is 11.1 Å². The van der Waals surface area contributed by atoms with E-state index in [0.29, 0.717) is 41.2 Å². The monoisotopic (exact) mass is 276 g/mol. The van der Waals surface area contributed by atoms with Crippen molar-refractivity contribution in [2.45, 2.75) is 76.3 Å². The zero-order valence-electron chi connectivity index (χ0n) is 12.4. The van der Waals surface area contributed by atoms with E-state index < -0.39 is 0 Å². The summed E-state index contributed by atoms with van der Waals surface area (Å²) in [7, 11) is 0. The second-order valence-electron chi connectivity index (χ2n) is 8.04. The van der Waals surface area contributed by atoms with Gasteiger partial charge in [0.05, 0.1) is 0 Å². The van der Waals surface area contributed by atoms with Crippen LogP contribution in [0.1, 0.15) is 64.2 Å². The number of hydrogen-bond donors (Lipinski definition) is 2. The molecule has 0 aromatic rings. The van der Waals surface area contributed by atoms with Crippen LogP contribution in [0.25, 0.3) is 0 Å². The molecule has 0 saturated heterocycles. The van der Waals surface area contributed by atoms with Crippen molar-refractivity contribution >= 4 is 5.91 Å². The fourth-order valence-corrected chi connectivity index (χ4v) is 5.64. The molecule has 0 aromatic heterocycles. The second-order valence-corrected chi connectivity index (χ2v) is 8.04. The van der Waals surface area contributed by atoms with Gasteiger partial charge in [-0.25, -0.2) is 0 Å². The van der Waals surface area contributed by atoms with Gasteiger partial charge in [-0.1, -0.05) is 19.3 Å². The molecule has 4 aliphatic rings. The summed E-state index contributed by atoms with van der Waals surface area (Å²) in [5.74, 6) is 2.03. The van der Waals surface area contributed by atoms with E-state index in [9.17, 15) is 4.79 Å². The Labute approximate surface area is 122 Å². The Morgan fingerprint density at radius 1 is 1.05 bits per heavy atom. The van der Waals surface area contributed by atoms with E-state index >= 15 is 0 Å². The molecule has 0 aliphatic heterocycles. The summed E-state index contributed by atoms with van der Waals surface area (Å²) in [5, 5.41) is 3.46. The molecule has 112 valence electrons. The average molecular weight is 276 g/mol. The van der Waals surface area contributed by atoms with Gasteiger partial charge in [-0.05, 0) is 62.2 Å². The SMILES string of the molecule is NC1CC2CCCC(C1)C2NC(=O)C1CC12CCCC2. The van der Waals surface area contributed by atoms with E-state index in [-0.39, 0.29) is 0 Å². The summed E-state index contributed by atoms with van der Waals surface area (Å²) in [6, 6.07) is 0.815. The fraction of sp³-hybridized carbons (Fsp3) is 0.941. The Bertz CT molecular complexity index is 388. The normalized spacial score (nSPS) is 45.4. The third-order valence-corrected chi connectivity index (χ3v) is 6.79. The van der Waals surface area contributed by atoms with Crippen molar-refractivity contribution in [2.75, 3.05) is 0 Å². The first-order chi connectivity index (χ1) is 9.68.